The molecule has 0 saturated heterocycles. The van der Waals surface area contributed by atoms with Crippen molar-refractivity contribution in [3.05, 3.63) is 23.8 Å². The number of anilines is 1. The molecule has 0 atom stereocenters. The highest BCUT2D eigenvalue weighted by Crippen LogP contribution is 2.26. The molecule has 108 valence electrons. The van der Waals surface area contributed by atoms with Gasteiger partial charge in [0, 0.05) is 11.6 Å². The van der Waals surface area contributed by atoms with Gasteiger partial charge in [-0.25, -0.2) is 5.84 Å². The number of nitrogens with one attached hydrogen (secondary N) is 2. The molecule has 6 heteroatoms. The lowest BCUT2D eigenvalue weighted by molar-refractivity contribution is -0.120. The third kappa shape index (κ3) is 3.27. The van der Waals surface area contributed by atoms with Gasteiger partial charge in [0.1, 0.15) is 5.75 Å². The van der Waals surface area contributed by atoms with Crippen LogP contribution in [0.4, 0.5) is 5.69 Å². The fraction of sp³-hybridized carbons (Fsp3) is 0.429. The fourth-order valence-electron chi connectivity index (χ4n) is 2.48. The Morgan fingerprint density at radius 3 is 2.55 bits per heavy atom. The van der Waals surface area contributed by atoms with Gasteiger partial charge in [0.05, 0.1) is 5.56 Å². The van der Waals surface area contributed by atoms with E-state index in [-0.39, 0.29) is 23.1 Å². The van der Waals surface area contributed by atoms with Gasteiger partial charge in [-0.3, -0.25) is 15.0 Å². The molecule has 2 amide bonds. The molecule has 5 N–H and O–H groups in total. The van der Waals surface area contributed by atoms with Gasteiger partial charge in [0.15, 0.2) is 0 Å². The summed E-state index contributed by atoms with van der Waals surface area (Å²) >= 11 is 0. The van der Waals surface area contributed by atoms with Crippen molar-refractivity contribution in [1.29, 1.82) is 0 Å². The van der Waals surface area contributed by atoms with E-state index in [1.54, 1.807) is 6.07 Å². The van der Waals surface area contributed by atoms with Crippen LogP contribution in [-0.2, 0) is 4.79 Å². The van der Waals surface area contributed by atoms with Gasteiger partial charge < -0.3 is 10.4 Å². The molecule has 0 heterocycles. The molecule has 0 aromatic heterocycles. The van der Waals surface area contributed by atoms with Crippen LogP contribution in [0, 0.1) is 5.92 Å². The van der Waals surface area contributed by atoms with Crippen LogP contribution < -0.4 is 16.6 Å². The largest absolute Gasteiger partial charge is 0.507 e. The van der Waals surface area contributed by atoms with Gasteiger partial charge in [0.2, 0.25) is 5.91 Å². The zero-order valence-corrected chi connectivity index (χ0v) is 11.2. The Bertz CT molecular complexity index is 510. The van der Waals surface area contributed by atoms with Crippen molar-refractivity contribution in [2.75, 3.05) is 5.32 Å². The minimum atomic E-state index is -0.601. The molecule has 2 rings (SSSR count). The van der Waals surface area contributed by atoms with Gasteiger partial charge >= 0.3 is 0 Å². The lowest BCUT2D eigenvalue weighted by Gasteiger charge is -2.20. The molecule has 0 unspecified atom stereocenters. The Balaban J connectivity index is 2.09. The Kier molecular flexibility index (Phi) is 4.57. The smallest absolute Gasteiger partial charge is 0.269 e. The number of nitrogens with two attached hydrogens (primary N) is 1. The van der Waals surface area contributed by atoms with E-state index in [0.717, 1.165) is 25.7 Å². The lowest BCUT2D eigenvalue weighted by Crippen LogP contribution is -2.30. The number of benzene rings is 1. The van der Waals surface area contributed by atoms with E-state index < -0.39 is 5.91 Å². The van der Waals surface area contributed by atoms with Crippen LogP contribution in [0.25, 0.3) is 0 Å². The zero-order valence-electron chi connectivity index (χ0n) is 11.2. The number of phenolic OH excluding ortho intramolecular Hbond substituents is 1. The molecule has 0 bridgehead atoms. The van der Waals surface area contributed by atoms with Crippen molar-refractivity contribution in [3.63, 3.8) is 0 Å². The second-order valence-electron chi connectivity index (χ2n) is 5.03. The lowest BCUT2D eigenvalue weighted by atomic mass is 9.88. The zero-order chi connectivity index (χ0) is 14.5. The van der Waals surface area contributed by atoms with E-state index in [4.69, 9.17) is 5.84 Å². The predicted octanol–water partition coefficient (Wildman–Crippen LogP) is 1.51. The first kappa shape index (κ1) is 14.3. The average molecular weight is 277 g/mol. The number of hydrazine groups is 1. The summed E-state index contributed by atoms with van der Waals surface area (Å²) in [6.07, 6.45) is 5.15. The van der Waals surface area contributed by atoms with Crippen molar-refractivity contribution in [2.45, 2.75) is 32.1 Å². The average Bonchev–Trinajstić information content (AvgIpc) is 2.49. The van der Waals surface area contributed by atoms with Crippen LogP contribution >= 0.6 is 0 Å². The first-order valence-corrected chi connectivity index (χ1v) is 6.76. The molecule has 0 spiro atoms. The molecule has 1 saturated carbocycles. The third-order valence-corrected chi connectivity index (χ3v) is 3.62. The SMILES string of the molecule is NNC(=O)c1cc(NC(=O)C2CCCCC2)ccc1O. The Morgan fingerprint density at radius 2 is 1.90 bits per heavy atom. The number of carbonyl (C=O) groups excluding carboxylic acids is 2. The number of aromatic hydroxyl groups is 1. The monoisotopic (exact) mass is 277 g/mol. The van der Waals surface area contributed by atoms with Gasteiger partial charge in [-0.15, -0.1) is 0 Å². The highest BCUT2D eigenvalue weighted by Gasteiger charge is 2.21. The second kappa shape index (κ2) is 6.38. The standard InChI is InChI=1S/C14H19N3O3/c15-17-14(20)11-8-10(6-7-12(11)18)16-13(19)9-4-2-1-3-5-9/h6-9,18H,1-5,15H2,(H,16,19)(H,17,20). The Labute approximate surface area is 117 Å². The van der Waals surface area contributed by atoms with E-state index in [1.165, 1.54) is 18.6 Å². The van der Waals surface area contributed by atoms with Gasteiger partial charge in [0.25, 0.3) is 5.91 Å². The summed E-state index contributed by atoms with van der Waals surface area (Å²) < 4.78 is 0. The van der Waals surface area contributed by atoms with Crippen LogP contribution in [0.3, 0.4) is 0 Å². The number of rotatable bonds is 3. The molecular weight excluding hydrogens is 258 g/mol. The molecule has 1 aromatic rings. The molecule has 20 heavy (non-hydrogen) atoms. The maximum atomic E-state index is 12.1. The third-order valence-electron chi connectivity index (χ3n) is 3.62. The summed E-state index contributed by atoms with van der Waals surface area (Å²) in [4.78, 5) is 23.6. The molecule has 1 fully saturated rings. The van der Waals surface area contributed by atoms with Gasteiger partial charge in [-0.2, -0.15) is 0 Å². The first-order valence-electron chi connectivity index (χ1n) is 6.76. The van der Waals surface area contributed by atoms with E-state index >= 15 is 0 Å². The molecule has 1 aliphatic rings. The Morgan fingerprint density at radius 1 is 1.20 bits per heavy atom. The number of amides is 2. The number of carbonyl (C=O) groups is 2. The first-order chi connectivity index (χ1) is 9.61. The number of hydrogen-bond acceptors (Lipinski definition) is 4. The highest BCUT2D eigenvalue weighted by atomic mass is 16.3. The highest BCUT2D eigenvalue weighted by molar-refractivity contribution is 5.99. The minimum Gasteiger partial charge on any atom is -0.507 e. The second-order valence-corrected chi connectivity index (χ2v) is 5.03. The minimum absolute atomic E-state index is 0.0318. The number of phenols is 1. The van der Waals surface area contributed by atoms with Crippen LogP contribution in [0.2, 0.25) is 0 Å². The predicted molar refractivity (Wildman–Crippen MR) is 75.0 cm³/mol. The van der Waals surface area contributed by atoms with Crippen LogP contribution in [0.15, 0.2) is 18.2 Å². The molecule has 1 aliphatic carbocycles. The fourth-order valence-corrected chi connectivity index (χ4v) is 2.48. The molecular formula is C14H19N3O3. The quantitative estimate of drug-likeness (QED) is 0.291. The summed E-state index contributed by atoms with van der Waals surface area (Å²) in [5.41, 5.74) is 2.47. The van der Waals surface area contributed by atoms with Crippen LogP contribution in [-0.4, -0.2) is 16.9 Å². The number of hydrogen-bond donors (Lipinski definition) is 4. The van der Waals surface area contributed by atoms with Crippen LogP contribution in [0.5, 0.6) is 5.75 Å². The Hall–Kier alpha value is -2.08. The van der Waals surface area contributed by atoms with Crippen molar-refractivity contribution < 1.29 is 14.7 Å². The van der Waals surface area contributed by atoms with Crippen molar-refractivity contribution >= 4 is 17.5 Å². The van der Waals surface area contributed by atoms with Crippen molar-refractivity contribution in [3.8, 4) is 5.75 Å². The normalized spacial score (nSPS) is 15.7. The topological polar surface area (TPSA) is 104 Å². The van der Waals surface area contributed by atoms with Crippen molar-refractivity contribution in [2.24, 2.45) is 11.8 Å². The van der Waals surface area contributed by atoms with E-state index in [1.807, 2.05) is 5.43 Å². The van der Waals surface area contributed by atoms with Gasteiger partial charge in [-0.1, -0.05) is 19.3 Å². The maximum absolute atomic E-state index is 12.1. The van der Waals surface area contributed by atoms with E-state index in [9.17, 15) is 14.7 Å². The summed E-state index contributed by atoms with van der Waals surface area (Å²) in [6, 6.07) is 4.34. The summed E-state index contributed by atoms with van der Waals surface area (Å²) in [6.45, 7) is 0. The molecule has 6 nitrogen and oxygen atoms in total. The summed E-state index contributed by atoms with van der Waals surface area (Å²) in [5, 5.41) is 12.4. The summed E-state index contributed by atoms with van der Waals surface area (Å²) in [7, 11) is 0. The molecule has 0 aliphatic heterocycles. The van der Waals surface area contributed by atoms with Crippen molar-refractivity contribution in [1.82, 2.24) is 5.43 Å². The molecule has 1 aromatic carbocycles. The number of nitrogen functional groups attached to an aromatic ring is 1. The van der Waals surface area contributed by atoms with Gasteiger partial charge in [-0.05, 0) is 31.0 Å². The summed E-state index contributed by atoms with van der Waals surface area (Å²) in [5.74, 6) is 4.26. The van der Waals surface area contributed by atoms with E-state index in [0.29, 0.717) is 5.69 Å². The van der Waals surface area contributed by atoms with E-state index in [2.05, 4.69) is 5.32 Å². The molecule has 0 radical (unpaired) electrons. The van der Waals surface area contributed by atoms with Crippen LogP contribution in [0.1, 0.15) is 42.5 Å². The maximum Gasteiger partial charge on any atom is 0.269 e.